The van der Waals surface area contributed by atoms with E-state index in [1.165, 1.54) is 6.92 Å². The van der Waals surface area contributed by atoms with Crippen molar-refractivity contribution < 1.29 is 14.4 Å². The average molecular weight is 418 g/mol. The minimum atomic E-state index is -0.627. The van der Waals surface area contributed by atoms with Gasteiger partial charge in [-0.25, -0.2) is 0 Å². The highest BCUT2D eigenvalue weighted by Crippen LogP contribution is 2.24. The summed E-state index contributed by atoms with van der Waals surface area (Å²) in [6.07, 6.45) is 3.60. The Balaban J connectivity index is 1.43. The van der Waals surface area contributed by atoms with Crippen LogP contribution in [0.3, 0.4) is 0 Å². The maximum absolute atomic E-state index is 13.3. The fraction of sp³-hybridized carbons (Fsp3) is 0.320. The normalized spacial score (nSPS) is 15.6. The molecule has 2 amide bonds. The lowest BCUT2D eigenvalue weighted by Gasteiger charge is -2.34. The second-order valence-corrected chi connectivity index (χ2v) is 8.15. The number of ketones is 1. The molecule has 2 N–H and O–H groups in total. The lowest BCUT2D eigenvalue weighted by Crippen LogP contribution is -2.51. The summed E-state index contributed by atoms with van der Waals surface area (Å²) in [5.74, 6) is -0.248. The highest BCUT2D eigenvalue weighted by Gasteiger charge is 2.32. The van der Waals surface area contributed by atoms with Gasteiger partial charge in [0.15, 0.2) is 5.78 Å². The van der Waals surface area contributed by atoms with Crippen LogP contribution in [0, 0.1) is 5.92 Å². The summed E-state index contributed by atoms with van der Waals surface area (Å²) < 4.78 is 0. The predicted molar refractivity (Wildman–Crippen MR) is 120 cm³/mol. The van der Waals surface area contributed by atoms with Crippen LogP contribution in [-0.4, -0.2) is 46.6 Å². The number of hydrogen-bond donors (Lipinski definition) is 2. The molecule has 3 aromatic rings. The van der Waals surface area contributed by atoms with E-state index in [1.54, 1.807) is 4.90 Å². The van der Waals surface area contributed by atoms with Crippen molar-refractivity contribution in [1.29, 1.82) is 0 Å². The van der Waals surface area contributed by atoms with Crippen LogP contribution in [0.25, 0.3) is 10.9 Å². The van der Waals surface area contributed by atoms with E-state index in [4.69, 9.17) is 0 Å². The molecule has 0 bridgehead atoms. The number of fused-ring (bicyclic) bond motifs is 1. The maximum atomic E-state index is 13.3. The van der Waals surface area contributed by atoms with Gasteiger partial charge in [0.1, 0.15) is 6.04 Å². The maximum Gasteiger partial charge on any atom is 0.245 e. The van der Waals surface area contributed by atoms with Crippen LogP contribution < -0.4 is 5.32 Å². The Hall–Kier alpha value is -3.41. The number of amides is 2. The molecule has 31 heavy (non-hydrogen) atoms. The number of piperidine rings is 1. The van der Waals surface area contributed by atoms with Crippen LogP contribution >= 0.6 is 0 Å². The van der Waals surface area contributed by atoms with E-state index in [0.29, 0.717) is 32.4 Å². The van der Waals surface area contributed by atoms with Crippen molar-refractivity contribution in [2.75, 3.05) is 13.1 Å². The van der Waals surface area contributed by atoms with E-state index in [9.17, 15) is 14.4 Å². The van der Waals surface area contributed by atoms with Crippen molar-refractivity contribution in [1.82, 2.24) is 15.2 Å². The molecule has 0 spiro atoms. The van der Waals surface area contributed by atoms with Gasteiger partial charge in [0.2, 0.25) is 11.8 Å². The minimum absolute atomic E-state index is 0.0701. The van der Waals surface area contributed by atoms with Crippen LogP contribution in [0.15, 0.2) is 60.8 Å². The monoisotopic (exact) mass is 417 g/mol. The standard InChI is InChI=1S/C25H27N3O3/c1-17(29)27-23(15-20-16-26-22-10-6-5-9-21(20)22)25(31)28-13-11-19(12-14-28)24(30)18-7-3-2-4-8-18/h2-10,16,19,23,26H,11-15H2,1H3,(H,27,29). The van der Waals surface area contributed by atoms with Crippen LogP contribution in [0.4, 0.5) is 0 Å². The third-order valence-electron chi connectivity index (χ3n) is 6.01. The van der Waals surface area contributed by atoms with Crippen molar-refractivity contribution in [2.24, 2.45) is 5.92 Å². The number of H-pyrrole nitrogens is 1. The van der Waals surface area contributed by atoms with Gasteiger partial charge in [0.25, 0.3) is 0 Å². The Kier molecular flexibility index (Phi) is 6.16. The number of aromatic amines is 1. The first kappa shape index (κ1) is 20.8. The van der Waals surface area contributed by atoms with Crippen LogP contribution in [0.1, 0.15) is 35.7 Å². The molecule has 2 aromatic carbocycles. The number of nitrogens with zero attached hydrogens (tertiary/aromatic N) is 1. The molecular weight excluding hydrogens is 390 g/mol. The van der Waals surface area contributed by atoms with E-state index in [2.05, 4.69) is 10.3 Å². The van der Waals surface area contributed by atoms with Gasteiger partial charge in [0.05, 0.1) is 0 Å². The molecule has 160 valence electrons. The number of carbonyl (C=O) groups excluding carboxylic acids is 3. The summed E-state index contributed by atoms with van der Waals surface area (Å²) in [6.45, 7) is 2.47. The van der Waals surface area contributed by atoms with Crippen molar-refractivity contribution in [3.63, 3.8) is 0 Å². The first-order chi connectivity index (χ1) is 15.0. The summed E-state index contributed by atoms with van der Waals surface area (Å²) >= 11 is 0. The lowest BCUT2D eigenvalue weighted by molar-refractivity contribution is -0.137. The Bertz CT molecular complexity index is 1080. The topological polar surface area (TPSA) is 82.3 Å². The number of para-hydroxylation sites is 1. The SMILES string of the molecule is CC(=O)NC(Cc1c[nH]c2ccccc12)C(=O)N1CCC(C(=O)c2ccccc2)CC1. The Morgan fingerprint density at radius 1 is 1.03 bits per heavy atom. The molecule has 1 aromatic heterocycles. The average Bonchev–Trinajstić information content (AvgIpc) is 3.21. The molecule has 2 heterocycles. The lowest BCUT2D eigenvalue weighted by atomic mass is 9.88. The summed E-state index contributed by atoms with van der Waals surface area (Å²) in [6, 6.07) is 16.6. The fourth-order valence-corrected chi connectivity index (χ4v) is 4.39. The summed E-state index contributed by atoms with van der Waals surface area (Å²) in [5, 5.41) is 3.88. The molecule has 0 aliphatic carbocycles. The van der Waals surface area contributed by atoms with Crippen molar-refractivity contribution >= 4 is 28.5 Å². The summed E-state index contributed by atoms with van der Waals surface area (Å²) in [4.78, 5) is 42.8. The van der Waals surface area contributed by atoms with Gasteiger partial charge < -0.3 is 15.2 Å². The molecule has 1 aliphatic rings. The zero-order valence-corrected chi connectivity index (χ0v) is 17.6. The highest BCUT2D eigenvalue weighted by atomic mass is 16.2. The second-order valence-electron chi connectivity index (χ2n) is 8.15. The summed E-state index contributed by atoms with van der Waals surface area (Å²) in [7, 11) is 0. The number of benzene rings is 2. The van der Waals surface area contributed by atoms with Crippen molar-refractivity contribution in [3.8, 4) is 0 Å². The van der Waals surface area contributed by atoms with Gasteiger partial charge in [-0.2, -0.15) is 0 Å². The quantitative estimate of drug-likeness (QED) is 0.604. The molecular formula is C25H27N3O3. The Labute approximate surface area is 181 Å². The smallest absolute Gasteiger partial charge is 0.245 e. The molecule has 0 radical (unpaired) electrons. The molecule has 1 saturated heterocycles. The van der Waals surface area contributed by atoms with E-state index in [0.717, 1.165) is 22.0 Å². The van der Waals surface area contributed by atoms with Gasteiger partial charge in [-0.3, -0.25) is 14.4 Å². The highest BCUT2D eigenvalue weighted by molar-refractivity contribution is 5.98. The number of likely N-dealkylation sites (tertiary alicyclic amines) is 1. The summed E-state index contributed by atoms with van der Waals surface area (Å²) in [5.41, 5.74) is 2.73. The zero-order chi connectivity index (χ0) is 21.8. The molecule has 4 rings (SSSR count). The van der Waals surface area contributed by atoms with E-state index >= 15 is 0 Å². The first-order valence-corrected chi connectivity index (χ1v) is 10.7. The Morgan fingerprint density at radius 2 is 1.71 bits per heavy atom. The van der Waals surface area contributed by atoms with Crippen molar-refractivity contribution in [3.05, 3.63) is 71.9 Å². The molecule has 0 saturated carbocycles. The Morgan fingerprint density at radius 3 is 2.42 bits per heavy atom. The van der Waals surface area contributed by atoms with E-state index in [1.807, 2.05) is 60.8 Å². The number of carbonyl (C=O) groups is 3. The van der Waals surface area contributed by atoms with Gasteiger partial charge >= 0.3 is 0 Å². The van der Waals surface area contributed by atoms with E-state index < -0.39 is 6.04 Å². The first-order valence-electron chi connectivity index (χ1n) is 10.7. The van der Waals surface area contributed by atoms with Gasteiger partial charge in [-0.1, -0.05) is 48.5 Å². The number of hydrogen-bond acceptors (Lipinski definition) is 3. The molecule has 1 aliphatic heterocycles. The second kappa shape index (κ2) is 9.16. The zero-order valence-electron chi connectivity index (χ0n) is 17.6. The third kappa shape index (κ3) is 4.68. The minimum Gasteiger partial charge on any atom is -0.361 e. The number of rotatable bonds is 6. The molecule has 1 fully saturated rings. The largest absolute Gasteiger partial charge is 0.361 e. The van der Waals surface area contributed by atoms with Gasteiger partial charge in [-0.05, 0) is 24.5 Å². The van der Waals surface area contributed by atoms with Crippen LogP contribution in [0.2, 0.25) is 0 Å². The third-order valence-corrected chi connectivity index (χ3v) is 6.01. The van der Waals surface area contributed by atoms with Crippen LogP contribution in [0.5, 0.6) is 0 Å². The fourth-order valence-electron chi connectivity index (χ4n) is 4.39. The van der Waals surface area contributed by atoms with Crippen LogP contribution in [-0.2, 0) is 16.0 Å². The van der Waals surface area contributed by atoms with Gasteiger partial charge in [-0.15, -0.1) is 0 Å². The van der Waals surface area contributed by atoms with Gasteiger partial charge in [0, 0.05) is 55.0 Å². The van der Waals surface area contributed by atoms with Crippen molar-refractivity contribution in [2.45, 2.75) is 32.2 Å². The number of aromatic nitrogens is 1. The predicted octanol–water partition coefficient (Wildman–Crippen LogP) is 3.34. The molecule has 6 heteroatoms. The molecule has 6 nitrogen and oxygen atoms in total. The number of nitrogens with one attached hydrogen (secondary N) is 2. The molecule has 1 atom stereocenters. The molecule has 1 unspecified atom stereocenters. The van der Waals surface area contributed by atoms with E-state index in [-0.39, 0.29) is 23.5 Å². The number of Topliss-reactive ketones (excluding diaryl/α,β-unsaturated/α-hetero) is 1.